The Morgan fingerprint density at radius 1 is 1.25 bits per heavy atom. The molecule has 1 N–H and O–H groups in total. The van der Waals surface area contributed by atoms with Gasteiger partial charge in [-0.3, -0.25) is 0 Å². The summed E-state index contributed by atoms with van der Waals surface area (Å²) in [7, 11) is 0. The van der Waals surface area contributed by atoms with Gasteiger partial charge in [0.2, 0.25) is 0 Å². The molecule has 90 valence electrons. The number of halogens is 1. The van der Waals surface area contributed by atoms with Crippen molar-refractivity contribution in [1.82, 2.24) is 0 Å². The van der Waals surface area contributed by atoms with Crippen molar-refractivity contribution in [2.24, 2.45) is 0 Å². The quantitative estimate of drug-likeness (QED) is 0.591. The number of alkyl halides is 1. The number of benzene rings is 1. The van der Waals surface area contributed by atoms with Gasteiger partial charge in [0.25, 0.3) is 0 Å². The van der Waals surface area contributed by atoms with Crippen molar-refractivity contribution in [1.29, 1.82) is 0 Å². The minimum absolute atomic E-state index is 0.0960. The van der Waals surface area contributed by atoms with E-state index < -0.39 is 0 Å². The second-order valence-corrected chi connectivity index (χ2v) is 5.55. The Bertz CT molecular complexity index is 279. The van der Waals surface area contributed by atoms with Gasteiger partial charge in [0.1, 0.15) is 0 Å². The summed E-state index contributed by atoms with van der Waals surface area (Å²) in [5, 5.41) is 9.69. The van der Waals surface area contributed by atoms with Crippen molar-refractivity contribution in [3.8, 4) is 0 Å². The molecule has 0 aromatic heterocycles. The Morgan fingerprint density at radius 2 is 1.94 bits per heavy atom. The van der Waals surface area contributed by atoms with Gasteiger partial charge in [-0.2, -0.15) is 0 Å². The van der Waals surface area contributed by atoms with Gasteiger partial charge in [-0.25, -0.2) is 0 Å². The Morgan fingerprint density at radius 3 is 2.56 bits per heavy atom. The number of thioether (sulfide) groups is 1. The second kappa shape index (κ2) is 7.99. The molecule has 0 aliphatic rings. The molecule has 16 heavy (non-hydrogen) atoms. The number of aliphatic hydroxyl groups excluding tert-OH is 1. The maximum Gasteiger partial charge on any atom is 0.0711 e. The predicted octanol–water partition coefficient (Wildman–Crippen LogP) is 3.94. The lowest BCUT2D eigenvalue weighted by Crippen LogP contribution is -2.21. The molecule has 0 unspecified atom stereocenters. The van der Waals surface area contributed by atoms with E-state index in [-0.39, 0.29) is 11.5 Å². The van der Waals surface area contributed by atoms with Crippen LogP contribution >= 0.6 is 23.4 Å². The van der Waals surface area contributed by atoms with Gasteiger partial charge in [0, 0.05) is 10.6 Å². The van der Waals surface area contributed by atoms with Crippen LogP contribution in [0.15, 0.2) is 35.2 Å². The van der Waals surface area contributed by atoms with Crippen molar-refractivity contribution in [2.45, 2.75) is 42.6 Å². The summed E-state index contributed by atoms with van der Waals surface area (Å²) in [5.74, 6) is 0.915. The zero-order valence-corrected chi connectivity index (χ0v) is 11.2. The fourth-order valence-electron chi connectivity index (χ4n) is 1.46. The molecule has 3 heteroatoms. The Labute approximate surface area is 107 Å². The zero-order chi connectivity index (χ0) is 11.8. The van der Waals surface area contributed by atoms with Crippen LogP contribution in [0.5, 0.6) is 0 Å². The van der Waals surface area contributed by atoms with Gasteiger partial charge in [-0.15, -0.1) is 23.4 Å². The number of aliphatic hydroxyl groups is 1. The van der Waals surface area contributed by atoms with E-state index in [0.717, 1.165) is 25.0 Å². The topological polar surface area (TPSA) is 20.2 Å². The molecule has 0 heterocycles. The Hall–Kier alpha value is -0.180. The molecule has 0 aliphatic heterocycles. The molecular formula is C13H19ClOS. The van der Waals surface area contributed by atoms with Gasteiger partial charge in [0.05, 0.1) is 11.5 Å². The molecule has 1 aromatic carbocycles. The Kier molecular flexibility index (Phi) is 6.93. The van der Waals surface area contributed by atoms with Crippen LogP contribution in [0.25, 0.3) is 0 Å². The van der Waals surface area contributed by atoms with Crippen LogP contribution < -0.4 is 0 Å². The lowest BCUT2D eigenvalue weighted by molar-refractivity contribution is 0.162. The first kappa shape index (κ1) is 13.9. The van der Waals surface area contributed by atoms with Crippen molar-refractivity contribution in [3.63, 3.8) is 0 Å². The highest BCUT2D eigenvalue weighted by Crippen LogP contribution is 2.21. The summed E-state index contributed by atoms with van der Waals surface area (Å²) in [4.78, 5) is 1.25. The van der Waals surface area contributed by atoms with Crippen molar-refractivity contribution >= 4 is 23.4 Å². The smallest absolute Gasteiger partial charge is 0.0711 e. The van der Waals surface area contributed by atoms with Crippen LogP contribution in [-0.4, -0.2) is 22.3 Å². The van der Waals surface area contributed by atoms with E-state index in [9.17, 15) is 5.11 Å². The molecular weight excluding hydrogens is 240 g/mol. The standard InChI is InChI=1S/C13H19ClOS/c1-2-6-12(14)13(15)9-10-16-11-7-4-3-5-8-11/h3-5,7-8,12-13,15H,2,6,9-10H2,1H3/t12-,13+/m1/s1. The molecule has 1 nitrogen and oxygen atoms in total. The summed E-state index contributed by atoms with van der Waals surface area (Å²) in [6, 6.07) is 10.2. The molecule has 0 spiro atoms. The average molecular weight is 259 g/mol. The van der Waals surface area contributed by atoms with Gasteiger partial charge >= 0.3 is 0 Å². The lowest BCUT2D eigenvalue weighted by atomic mass is 10.1. The number of hydrogen-bond acceptors (Lipinski definition) is 2. The van der Waals surface area contributed by atoms with E-state index in [2.05, 4.69) is 19.1 Å². The van der Waals surface area contributed by atoms with E-state index in [4.69, 9.17) is 11.6 Å². The third-order valence-electron chi connectivity index (χ3n) is 2.41. The van der Waals surface area contributed by atoms with E-state index in [1.165, 1.54) is 4.90 Å². The van der Waals surface area contributed by atoms with Crippen LogP contribution in [-0.2, 0) is 0 Å². The highest BCUT2D eigenvalue weighted by Gasteiger charge is 2.14. The Balaban J connectivity index is 2.20. The summed E-state index contributed by atoms with van der Waals surface area (Å²) in [6.07, 6.45) is 2.29. The third kappa shape index (κ3) is 5.24. The minimum atomic E-state index is -0.377. The third-order valence-corrected chi connectivity index (χ3v) is 3.96. The molecule has 1 rings (SSSR count). The first-order valence-electron chi connectivity index (χ1n) is 5.74. The normalized spacial score (nSPS) is 14.7. The fraction of sp³-hybridized carbons (Fsp3) is 0.538. The summed E-state index contributed by atoms with van der Waals surface area (Å²) >= 11 is 7.82. The molecule has 0 radical (unpaired) electrons. The molecule has 1 aromatic rings. The second-order valence-electron chi connectivity index (χ2n) is 3.82. The largest absolute Gasteiger partial charge is 0.392 e. The molecule has 2 atom stereocenters. The monoisotopic (exact) mass is 258 g/mol. The lowest BCUT2D eigenvalue weighted by Gasteiger charge is -2.15. The van der Waals surface area contributed by atoms with Crippen LogP contribution in [0.2, 0.25) is 0 Å². The van der Waals surface area contributed by atoms with Crippen LogP contribution in [0.4, 0.5) is 0 Å². The van der Waals surface area contributed by atoms with Crippen molar-refractivity contribution in [2.75, 3.05) is 5.75 Å². The summed E-state index contributed by atoms with van der Waals surface area (Å²) in [6.45, 7) is 2.08. The van der Waals surface area contributed by atoms with Gasteiger partial charge < -0.3 is 5.11 Å². The average Bonchev–Trinajstić information content (AvgIpc) is 2.30. The first-order valence-corrected chi connectivity index (χ1v) is 7.16. The maximum absolute atomic E-state index is 9.78. The highest BCUT2D eigenvalue weighted by molar-refractivity contribution is 7.99. The number of hydrogen-bond donors (Lipinski definition) is 1. The van der Waals surface area contributed by atoms with Crippen LogP contribution in [0.3, 0.4) is 0 Å². The SMILES string of the molecule is CCC[C@@H](Cl)[C@@H](O)CCSc1ccccc1. The molecule has 0 bridgehead atoms. The highest BCUT2D eigenvalue weighted by atomic mass is 35.5. The minimum Gasteiger partial charge on any atom is -0.392 e. The molecule has 0 saturated carbocycles. The van der Waals surface area contributed by atoms with Crippen molar-refractivity contribution < 1.29 is 5.11 Å². The van der Waals surface area contributed by atoms with E-state index in [0.29, 0.717) is 0 Å². The number of rotatable bonds is 7. The van der Waals surface area contributed by atoms with E-state index >= 15 is 0 Å². The molecule has 0 aliphatic carbocycles. The fourth-order valence-corrected chi connectivity index (χ4v) is 2.75. The van der Waals surface area contributed by atoms with Crippen molar-refractivity contribution in [3.05, 3.63) is 30.3 Å². The predicted molar refractivity (Wildman–Crippen MR) is 72.3 cm³/mol. The first-order chi connectivity index (χ1) is 7.74. The molecule has 0 fully saturated rings. The van der Waals surface area contributed by atoms with Gasteiger partial charge in [-0.05, 0) is 25.0 Å². The summed E-state index contributed by atoms with van der Waals surface area (Å²) in [5.41, 5.74) is 0. The van der Waals surface area contributed by atoms with Gasteiger partial charge in [0.15, 0.2) is 0 Å². The maximum atomic E-state index is 9.78. The summed E-state index contributed by atoms with van der Waals surface area (Å²) < 4.78 is 0. The molecule has 0 amide bonds. The molecule has 0 saturated heterocycles. The van der Waals surface area contributed by atoms with Crippen LogP contribution in [0, 0.1) is 0 Å². The van der Waals surface area contributed by atoms with Gasteiger partial charge in [-0.1, -0.05) is 31.5 Å². The van der Waals surface area contributed by atoms with E-state index in [1.54, 1.807) is 11.8 Å². The zero-order valence-electron chi connectivity index (χ0n) is 9.60. The van der Waals surface area contributed by atoms with Crippen LogP contribution in [0.1, 0.15) is 26.2 Å². The van der Waals surface area contributed by atoms with E-state index in [1.807, 2.05) is 18.2 Å².